The van der Waals surface area contributed by atoms with Gasteiger partial charge in [0.15, 0.2) is 5.82 Å². The Morgan fingerprint density at radius 3 is 1.62 bits per heavy atom. The predicted octanol–water partition coefficient (Wildman–Crippen LogP) is 11.2. The number of aromatic amines is 1. The van der Waals surface area contributed by atoms with Crippen LogP contribution in [-0.2, 0) is 57.7 Å². The van der Waals surface area contributed by atoms with Crippen molar-refractivity contribution in [3.8, 4) is 22.8 Å². The van der Waals surface area contributed by atoms with Gasteiger partial charge in [0.2, 0.25) is 0 Å². The normalized spacial score (nSPS) is 15.2. The summed E-state index contributed by atoms with van der Waals surface area (Å²) in [5, 5.41) is 32.8. The molecule has 458 valence electrons. The molecule has 19 nitrogen and oxygen atoms in total. The van der Waals surface area contributed by atoms with E-state index >= 15 is 4.79 Å². The molecular formula is C64H47Br2F6N15O4. The molecule has 91 heavy (non-hydrogen) atoms. The van der Waals surface area contributed by atoms with Gasteiger partial charge in [0.05, 0.1) is 71.4 Å². The highest BCUT2D eigenvalue weighted by molar-refractivity contribution is 9.10. The van der Waals surface area contributed by atoms with Crippen LogP contribution >= 0.6 is 31.9 Å². The number of hydrogen-bond acceptors (Lipinski definition) is 11. The smallest absolute Gasteiger partial charge is 0.330 e. The van der Waals surface area contributed by atoms with Gasteiger partial charge >= 0.3 is 12.4 Å². The minimum Gasteiger partial charge on any atom is -0.330 e. The van der Waals surface area contributed by atoms with E-state index in [4.69, 9.17) is 10.2 Å². The third kappa shape index (κ3) is 10.6. The van der Waals surface area contributed by atoms with Gasteiger partial charge in [0.25, 0.3) is 22.9 Å². The van der Waals surface area contributed by atoms with Crippen LogP contribution in [0.25, 0.3) is 45.1 Å². The van der Waals surface area contributed by atoms with Crippen LogP contribution in [0.4, 0.5) is 26.3 Å². The molecule has 0 unspecified atom stereocenters. The van der Waals surface area contributed by atoms with Crippen molar-refractivity contribution in [3.63, 3.8) is 0 Å². The van der Waals surface area contributed by atoms with Crippen molar-refractivity contribution in [2.75, 3.05) is 0 Å². The Balaban J connectivity index is 0.767. The third-order valence-corrected chi connectivity index (χ3v) is 18.3. The first-order chi connectivity index (χ1) is 43.7. The first-order valence-corrected chi connectivity index (χ1v) is 30.2. The van der Waals surface area contributed by atoms with Crippen LogP contribution in [0.1, 0.15) is 96.0 Å². The average molecular weight is 1360 g/mol. The van der Waals surface area contributed by atoms with E-state index in [1.54, 1.807) is 79.4 Å². The molecule has 0 radical (unpaired) electrons. The Hall–Kier alpha value is -9.89. The largest absolute Gasteiger partial charge is 0.417 e. The maximum Gasteiger partial charge on any atom is 0.417 e. The second-order valence-corrected chi connectivity index (χ2v) is 24.4. The summed E-state index contributed by atoms with van der Waals surface area (Å²) in [5.74, 6) is -0.826. The van der Waals surface area contributed by atoms with Crippen molar-refractivity contribution in [1.29, 1.82) is 0 Å². The monoisotopic (exact) mass is 1360 g/mol. The second-order valence-electron chi connectivity index (χ2n) is 22.7. The number of carbonyl (C=O) groups is 2. The highest BCUT2D eigenvalue weighted by Crippen LogP contribution is 2.39. The fourth-order valence-electron chi connectivity index (χ4n) is 12.4. The molecule has 6 aromatic heterocycles. The van der Waals surface area contributed by atoms with E-state index < -0.39 is 47.4 Å². The molecule has 0 spiro atoms. The number of hydrogen-bond donors (Lipinski definition) is 1. The van der Waals surface area contributed by atoms with Gasteiger partial charge < -0.3 is 9.80 Å². The number of benzene rings is 6. The molecule has 0 saturated heterocycles. The van der Waals surface area contributed by atoms with Crippen LogP contribution < -0.4 is 11.1 Å². The number of nitrogens with zero attached hydrogens (tertiary/aromatic N) is 14. The highest BCUT2D eigenvalue weighted by atomic mass is 79.9. The lowest BCUT2D eigenvalue weighted by atomic mass is 9.97. The highest BCUT2D eigenvalue weighted by Gasteiger charge is 2.39. The van der Waals surface area contributed by atoms with Crippen LogP contribution in [0.3, 0.4) is 0 Å². The summed E-state index contributed by atoms with van der Waals surface area (Å²) >= 11 is 5.94. The predicted molar refractivity (Wildman–Crippen MR) is 328 cm³/mol. The van der Waals surface area contributed by atoms with E-state index in [-0.39, 0.29) is 57.1 Å². The summed E-state index contributed by atoms with van der Waals surface area (Å²) in [6, 6.07) is 35.6. The third-order valence-electron chi connectivity index (χ3n) is 16.9. The molecule has 27 heteroatoms. The molecule has 2 amide bonds. The minimum atomic E-state index is -4.71. The number of aromatic nitrogens is 13. The summed E-state index contributed by atoms with van der Waals surface area (Å²) in [5.41, 5.74) is 6.55. The standard InChI is InChI=1S/C64H47Br2F6N15O4/c1-34-22-46-54(32-81(34)59(88)40-14-19-50(65)48(26-40)63(67,68)69)86-57(84(61(46)90)44-16-12-39(13-17-44)56-76-78-79-77-56)43(30-73-86)25-37-8-10-38(11-9-37)31-83-53-21-18-45(28-52(53)75-80-83)85-58-42(24-36-6-4-3-5-7-36)29-74-87(58)55-33-82(35(2)23-47(55)62(85)91)60(89)41-15-20-51(66)49(27-41)64(70,71)72/h3-21,26-30,34-35H,22-25,31-33H2,1-2H3,(H,76,77,78,79)/t34-,35-/m0/s1. The zero-order valence-electron chi connectivity index (χ0n) is 47.9. The number of tetrazole rings is 1. The first-order valence-electron chi connectivity index (χ1n) is 28.6. The van der Waals surface area contributed by atoms with Crippen LogP contribution in [-0.4, -0.2) is 97.7 Å². The number of H-pyrrole nitrogens is 1. The Kier molecular flexibility index (Phi) is 14.6. The molecule has 0 aliphatic carbocycles. The Morgan fingerprint density at radius 1 is 0.593 bits per heavy atom. The lowest BCUT2D eigenvalue weighted by Crippen LogP contribution is -2.46. The number of nitrogens with one attached hydrogen (secondary N) is 1. The zero-order valence-corrected chi connectivity index (χ0v) is 51.1. The topological polar surface area (TPSA) is 204 Å². The number of rotatable bonds is 11. The van der Waals surface area contributed by atoms with Crippen molar-refractivity contribution in [2.24, 2.45) is 0 Å². The summed E-state index contributed by atoms with van der Waals surface area (Å²) in [4.78, 5) is 61.3. The fraction of sp³-hybridized carbons (Fsp3) is 0.203. The second kappa shape index (κ2) is 22.5. The lowest BCUT2D eigenvalue weighted by molar-refractivity contribution is -0.139. The number of alkyl halides is 6. The van der Waals surface area contributed by atoms with Gasteiger partial charge in [-0.3, -0.25) is 28.3 Å². The minimum absolute atomic E-state index is 0.0915. The van der Waals surface area contributed by atoms with E-state index in [1.165, 1.54) is 34.1 Å². The van der Waals surface area contributed by atoms with Crippen LogP contribution in [0, 0.1) is 0 Å². The van der Waals surface area contributed by atoms with Gasteiger partial charge in [-0.05, 0) is 133 Å². The molecule has 0 bridgehead atoms. The molecule has 0 saturated carbocycles. The quantitative estimate of drug-likeness (QED) is 0.121. The van der Waals surface area contributed by atoms with Crippen molar-refractivity contribution >= 4 is 66.0 Å². The van der Waals surface area contributed by atoms with Crippen LogP contribution in [0.15, 0.2) is 164 Å². The SMILES string of the molecule is C[C@H]1Cc2c(n3ncc(Cc4ccc(Cn5nnc6cc(-n7c(=O)c8c(n9ncc(Cc%10ccccc%10)c79)CN(C(=O)c7ccc(Br)c(C(F)(F)F)c7)[C@@H](C)C8)ccc65)cc4)c3n(-c3ccc(-c4nnn[nH]4)cc3)c2=O)CN1C(=O)c1ccc(Br)c(C(F)(F)F)c1. The summed E-state index contributed by atoms with van der Waals surface area (Å²) in [7, 11) is 0. The Labute approximate surface area is 527 Å². The Morgan fingerprint density at radius 2 is 1.10 bits per heavy atom. The Bertz CT molecular complexity index is 5020. The molecular weight excluding hydrogens is 1320 g/mol. The van der Waals surface area contributed by atoms with E-state index in [0.29, 0.717) is 98.1 Å². The van der Waals surface area contributed by atoms with Gasteiger partial charge in [-0.15, -0.1) is 10.2 Å². The van der Waals surface area contributed by atoms with Crippen molar-refractivity contribution in [3.05, 3.63) is 248 Å². The van der Waals surface area contributed by atoms with Crippen molar-refractivity contribution < 1.29 is 35.9 Å². The zero-order chi connectivity index (χ0) is 63.4. The van der Waals surface area contributed by atoms with E-state index in [1.807, 2.05) is 66.7 Å². The van der Waals surface area contributed by atoms with Crippen molar-refractivity contribution in [1.82, 2.24) is 73.8 Å². The average Bonchev–Trinajstić information content (AvgIpc) is 1.72. The summed E-state index contributed by atoms with van der Waals surface area (Å²) in [6.45, 7) is 3.62. The summed E-state index contributed by atoms with van der Waals surface area (Å²) in [6.07, 6.45) is -5.16. The van der Waals surface area contributed by atoms with Crippen LogP contribution in [0.2, 0.25) is 0 Å². The molecule has 14 rings (SSSR count). The number of amides is 2. The fourth-order valence-corrected chi connectivity index (χ4v) is 13.3. The molecule has 2 aliphatic heterocycles. The molecule has 1 N–H and O–H groups in total. The van der Waals surface area contributed by atoms with Gasteiger partial charge in [0.1, 0.15) is 16.8 Å². The molecule has 2 atom stereocenters. The number of fused-ring (bicyclic) bond motifs is 7. The maximum atomic E-state index is 15.1. The van der Waals surface area contributed by atoms with Gasteiger partial charge in [-0.2, -0.15) is 36.5 Å². The van der Waals surface area contributed by atoms with E-state index in [0.717, 1.165) is 28.8 Å². The molecule has 2 aliphatic rings. The maximum absolute atomic E-state index is 15.1. The first kappa shape index (κ1) is 58.8. The molecule has 6 aromatic carbocycles. The summed E-state index contributed by atoms with van der Waals surface area (Å²) < 4.78 is 91.8. The van der Waals surface area contributed by atoms with Gasteiger partial charge in [0, 0.05) is 72.8 Å². The van der Waals surface area contributed by atoms with Crippen LogP contribution in [0.5, 0.6) is 0 Å². The van der Waals surface area contributed by atoms with Crippen molar-refractivity contribution in [2.45, 2.75) is 83.6 Å². The van der Waals surface area contributed by atoms with Gasteiger partial charge in [-0.25, -0.2) is 18.8 Å². The molecule has 0 fully saturated rings. The van der Waals surface area contributed by atoms with E-state index in [9.17, 15) is 40.7 Å². The van der Waals surface area contributed by atoms with Gasteiger partial charge in [-0.1, -0.05) is 91.7 Å². The van der Waals surface area contributed by atoms with E-state index in [2.05, 4.69) is 62.8 Å². The lowest BCUT2D eigenvalue weighted by Gasteiger charge is -2.35. The molecule has 8 heterocycles. The number of halogens is 8. The number of carbonyl (C=O) groups excluding carboxylic acids is 2. The molecule has 12 aromatic rings.